The van der Waals surface area contributed by atoms with Crippen LogP contribution in [0.25, 0.3) is 0 Å². The van der Waals surface area contributed by atoms with Gasteiger partial charge in [-0.2, -0.15) is 0 Å². The van der Waals surface area contributed by atoms with Crippen molar-refractivity contribution in [3.05, 3.63) is 22.0 Å². The van der Waals surface area contributed by atoms with Gasteiger partial charge in [-0.25, -0.2) is 0 Å². The second-order valence-electron chi connectivity index (χ2n) is 0.885. The Hall–Kier alpha value is 0.653. The van der Waals surface area contributed by atoms with Crippen LogP contribution in [0.5, 0.6) is 0 Å². The first-order chi connectivity index (χ1) is 2.91. The van der Waals surface area contributed by atoms with Crippen molar-refractivity contribution in [2.24, 2.45) is 0 Å². The van der Waals surface area contributed by atoms with Crippen LogP contribution in [0.15, 0.2) is 22.0 Å². The summed E-state index contributed by atoms with van der Waals surface area (Å²) in [7, 11) is 0. The van der Waals surface area contributed by atoms with E-state index in [1.807, 2.05) is 25.2 Å². The third-order valence-electron chi connectivity index (χ3n) is 0.400. The zero-order chi connectivity index (χ0) is 4.83. The molecule has 2 heteroatoms. The quantitative estimate of drug-likeness (QED) is 0.561. The molecule has 0 amide bonds. The summed E-state index contributed by atoms with van der Waals surface area (Å²) in [5.74, 6) is 0. The summed E-state index contributed by atoms with van der Waals surface area (Å²) >= 11 is 1.46. The normalized spacial score (nSPS) is 9.71. The van der Waals surface area contributed by atoms with E-state index >= 15 is 0 Å². The minimum atomic E-state index is 0. The maximum atomic E-state index is 2.09. The Balaban J connectivity index is 0. The number of rotatable bonds is 1. The van der Waals surface area contributed by atoms with Gasteiger partial charge in [0.1, 0.15) is 0 Å². The summed E-state index contributed by atoms with van der Waals surface area (Å²) < 4.78 is 2.09. The molecule has 39 valence electrons. The van der Waals surface area contributed by atoms with Crippen LogP contribution in [-0.4, -0.2) is 0 Å². The van der Waals surface area contributed by atoms with Crippen molar-refractivity contribution in [2.45, 2.75) is 6.92 Å². The molecule has 0 aliphatic carbocycles. The first-order valence-corrected chi connectivity index (χ1v) is 3.29. The number of hydrogen-bond acceptors (Lipinski definition) is 0. The molecule has 0 aromatic carbocycles. The van der Waals surface area contributed by atoms with Crippen LogP contribution in [0.1, 0.15) is 6.92 Å². The van der Waals surface area contributed by atoms with Crippen molar-refractivity contribution in [3.63, 3.8) is 0 Å². The molecule has 0 saturated carbocycles. The minimum absolute atomic E-state index is 0. The van der Waals surface area contributed by atoms with Gasteiger partial charge in [0, 0.05) is 0 Å². The summed E-state index contributed by atoms with van der Waals surface area (Å²) in [5, 5.41) is 0. The van der Waals surface area contributed by atoms with Crippen LogP contribution < -0.4 is 0 Å². The third-order valence-corrected chi connectivity index (χ3v) is 0.873. The van der Waals surface area contributed by atoms with Crippen molar-refractivity contribution < 1.29 is 24.7 Å². The average Bonchev–Trinajstić information content (AvgIpc) is 1.61. The Morgan fingerprint density at radius 1 is 1.29 bits per heavy atom. The molecule has 0 saturated heterocycles. The van der Waals surface area contributed by atoms with Gasteiger partial charge in [0.25, 0.3) is 0 Å². The molecular weight excluding hydrogens is 187 g/mol. The van der Waals surface area contributed by atoms with Gasteiger partial charge in [-0.15, -0.1) is 12.4 Å². The van der Waals surface area contributed by atoms with Crippen LogP contribution >= 0.6 is 12.4 Å². The van der Waals surface area contributed by atoms with Gasteiger partial charge in [0.05, 0.1) is 0 Å². The molecule has 0 aliphatic rings. The Kier molecular flexibility index (Phi) is 14.9. The van der Waals surface area contributed by atoms with Gasteiger partial charge < -0.3 is 0 Å². The van der Waals surface area contributed by atoms with Gasteiger partial charge in [-0.1, -0.05) is 0 Å². The molecule has 0 aliphatic heterocycles. The van der Waals surface area contributed by atoms with Crippen LogP contribution in [0.4, 0.5) is 0 Å². The molecule has 7 heavy (non-hydrogen) atoms. The molecule has 0 aromatic rings. The molecular formula is C5H8ClZr. The van der Waals surface area contributed by atoms with E-state index in [2.05, 4.69) is 3.78 Å². The SMILES string of the molecule is CC=CC=[CH][Zr].Cl. The summed E-state index contributed by atoms with van der Waals surface area (Å²) in [6.45, 7) is 2.01. The van der Waals surface area contributed by atoms with Crippen LogP contribution in [0, 0.1) is 0 Å². The second kappa shape index (κ2) is 9.82. The number of hydrogen-bond donors (Lipinski definition) is 0. The van der Waals surface area contributed by atoms with Crippen LogP contribution in [0.2, 0.25) is 0 Å². The Bertz CT molecular complexity index is 56.5. The van der Waals surface area contributed by atoms with E-state index < -0.39 is 0 Å². The topological polar surface area (TPSA) is 0 Å². The van der Waals surface area contributed by atoms with E-state index in [9.17, 15) is 0 Å². The molecule has 0 spiro atoms. The Labute approximate surface area is 65.9 Å². The fourth-order valence-corrected chi connectivity index (χ4v) is 0.440. The molecule has 0 unspecified atom stereocenters. The maximum absolute atomic E-state index is 2.09. The smallest absolute Gasteiger partial charge is 0.147 e. The van der Waals surface area contributed by atoms with Gasteiger partial charge in [0.15, 0.2) is 0 Å². The zero-order valence-electron chi connectivity index (χ0n) is 4.22. The number of allylic oxidation sites excluding steroid dienone is 3. The summed E-state index contributed by atoms with van der Waals surface area (Å²) in [6.07, 6.45) is 6.08. The molecule has 0 atom stereocenters. The molecule has 0 aromatic heterocycles. The molecule has 0 rings (SSSR count). The minimum Gasteiger partial charge on any atom is -0.147 e. The van der Waals surface area contributed by atoms with Gasteiger partial charge in [-0.3, -0.25) is 0 Å². The zero-order valence-corrected chi connectivity index (χ0v) is 7.49. The van der Waals surface area contributed by atoms with E-state index in [0.29, 0.717) is 0 Å². The monoisotopic (exact) mass is 193 g/mol. The van der Waals surface area contributed by atoms with Gasteiger partial charge >= 0.3 is 53.7 Å². The molecule has 0 bridgehead atoms. The summed E-state index contributed by atoms with van der Waals surface area (Å²) in [5.41, 5.74) is 0. The molecule has 0 nitrogen and oxygen atoms in total. The van der Waals surface area contributed by atoms with Crippen molar-refractivity contribution in [1.29, 1.82) is 0 Å². The van der Waals surface area contributed by atoms with E-state index in [-0.39, 0.29) is 12.4 Å². The van der Waals surface area contributed by atoms with E-state index in [0.717, 1.165) is 0 Å². The van der Waals surface area contributed by atoms with E-state index in [1.54, 1.807) is 0 Å². The summed E-state index contributed by atoms with van der Waals surface area (Å²) in [6, 6.07) is 0. The standard InChI is InChI=1S/C5H7.ClH.Zr/c1-3-5-4-2;;/h1,3-5H,2H3;1H;. The van der Waals surface area contributed by atoms with E-state index in [1.165, 1.54) is 24.7 Å². The Morgan fingerprint density at radius 2 is 1.86 bits per heavy atom. The molecule has 0 N–H and O–H groups in total. The average molecular weight is 195 g/mol. The third kappa shape index (κ3) is 10.8. The predicted octanol–water partition coefficient (Wildman–Crippen LogP) is 2.04. The maximum Gasteiger partial charge on any atom is -0.147 e. The van der Waals surface area contributed by atoms with Gasteiger partial charge in [-0.05, 0) is 0 Å². The van der Waals surface area contributed by atoms with Crippen molar-refractivity contribution in [2.75, 3.05) is 0 Å². The molecule has 0 radical (unpaired) electrons. The van der Waals surface area contributed by atoms with Gasteiger partial charge in [0.2, 0.25) is 0 Å². The largest absolute Gasteiger partial charge is 0.147 e. The first kappa shape index (κ1) is 10.6. The fourth-order valence-electron chi connectivity index (χ4n) is 0.167. The first-order valence-electron chi connectivity index (χ1n) is 1.87. The molecule has 0 fully saturated rings. The van der Waals surface area contributed by atoms with Crippen molar-refractivity contribution >= 4 is 12.4 Å². The predicted molar refractivity (Wildman–Crippen MR) is 31.2 cm³/mol. The van der Waals surface area contributed by atoms with Crippen LogP contribution in [0.3, 0.4) is 0 Å². The second-order valence-corrected chi connectivity index (χ2v) is 1.70. The van der Waals surface area contributed by atoms with Crippen molar-refractivity contribution in [3.8, 4) is 0 Å². The van der Waals surface area contributed by atoms with Crippen LogP contribution in [-0.2, 0) is 24.7 Å². The Morgan fingerprint density at radius 3 is 2.00 bits per heavy atom. The number of halogens is 1. The fraction of sp³-hybridized carbons (Fsp3) is 0.200. The summed E-state index contributed by atoms with van der Waals surface area (Å²) in [4.78, 5) is 0. The van der Waals surface area contributed by atoms with Crippen molar-refractivity contribution in [1.82, 2.24) is 0 Å². The molecule has 0 heterocycles. The van der Waals surface area contributed by atoms with E-state index in [4.69, 9.17) is 0 Å².